The van der Waals surface area contributed by atoms with Crippen molar-refractivity contribution in [1.29, 1.82) is 0 Å². The van der Waals surface area contributed by atoms with E-state index in [1.54, 1.807) is 24.0 Å². The zero-order chi connectivity index (χ0) is 34.0. The molecule has 0 aromatic rings. The molecule has 0 radical (unpaired) electrons. The summed E-state index contributed by atoms with van der Waals surface area (Å²) in [5.41, 5.74) is -0.350. The maximum atomic E-state index is 13.2. The van der Waals surface area contributed by atoms with E-state index >= 15 is 0 Å². The number of aliphatic hydroxyl groups is 3. The molecule has 2 fully saturated rings. The van der Waals surface area contributed by atoms with E-state index in [0.717, 1.165) is 31.6 Å². The molecule has 10 nitrogen and oxygen atoms in total. The van der Waals surface area contributed by atoms with Gasteiger partial charge in [-0.1, -0.05) is 58.9 Å². The number of amides is 1. The van der Waals surface area contributed by atoms with Crippen LogP contribution in [0.1, 0.15) is 87.0 Å². The van der Waals surface area contributed by atoms with Gasteiger partial charge in [0, 0.05) is 37.9 Å². The van der Waals surface area contributed by atoms with Crippen LogP contribution in [0.25, 0.3) is 0 Å². The van der Waals surface area contributed by atoms with Crippen molar-refractivity contribution < 1.29 is 39.1 Å². The van der Waals surface area contributed by atoms with Crippen LogP contribution >= 0.6 is 0 Å². The highest BCUT2D eigenvalue weighted by Gasteiger charge is 2.47. The van der Waals surface area contributed by atoms with Crippen LogP contribution in [0.2, 0.25) is 0 Å². The SMILES string of the molecule is CCC(O)C(C)C1OC1CC(C)(O)/C=C/C=C(\C)C1OC(=O)CC(O)CCC(C)C(OC(=O)N2CCCN(CC)CC2)/C=C/C1C. The molecule has 10 unspecified atom stereocenters. The van der Waals surface area contributed by atoms with Gasteiger partial charge in [0.15, 0.2) is 0 Å². The van der Waals surface area contributed by atoms with Crippen molar-refractivity contribution in [1.82, 2.24) is 9.80 Å². The van der Waals surface area contributed by atoms with Crippen LogP contribution in [-0.2, 0) is 19.0 Å². The number of nitrogens with zero attached hydrogens (tertiary/aromatic N) is 2. The van der Waals surface area contributed by atoms with E-state index in [4.69, 9.17) is 14.2 Å². The number of allylic oxidation sites excluding steroid dienone is 2. The second kappa shape index (κ2) is 17.8. The number of rotatable bonds is 10. The van der Waals surface area contributed by atoms with E-state index in [2.05, 4.69) is 11.8 Å². The molecule has 3 aliphatic heterocycles. The van der Waals surface area contributed by atoms with Gasteiger partial charge in [0.1, 0.15) is 12.2 Å². The Morgan fingerprint density at radius 2 is 1.91 bits per heavy atom. The summed E-state index contributed by atoms with van der Waals surface area (Å²) in [7, 11) is 0. The van der Waals surface area contributed by atoms with E-state index in [1.165, 1.54) is 0 Å². The highest BCUT2D eigenvalue weighted by molar-refractivity contribution is 5.70. The Hall–Kier alpha value is -2.24. The van der Waals surface area contributed by atoms with E-state index in [1.807, 2.05) is 52.8 Å². The largest absolute Gasteiger partial charge is 0.457 e. The van der Waals surface area contributed by atoms with Crippen molar-refractivity contribution in [3.8, 4) is 0 Å². The number of cyclic esters (lactones) is 1. The Morgan fingerprint density at radius 3 is 2.61 bits per heavy atom. The molecule has 0 aromatic heterocycles. The standard InChI is InChI=1S/C36H60N2O8/c1-8-29(40)27(6)34-31(44-34)23-36(7,43)17-10-12-25(4)33-26(5)14-16-30(24(3)13-15-28(39)22-32(41)46-33)45-35(42)38-19-11-18-37(9-2)20-21-38/h10,12,14,16-17,24,26-31,33-34,39-40,43H,8-9,11,13,15,18-23H2,1-7H3/b16-14+,17-10+,25-12+. The van der Waals surface area contributed by atoms with Gasteiger partial charge in [-0.15, -0.1) is 0 Å². The number of carbonyl (C=O) groups is 2. The molecule has 0 saturated carbocycles. The lowest BCUT2D eigenvalue weighted by Crippen LogP contribution is -2.38. The highest BCUT2D eigenvalue weighted by Crippen LogP contribution is 2.37. The van der Waals surface area contributed by atoms with Crippen molar-refractivity contribution in [2.24, 2.45) is 17.8 Å². The van der Waals surface area contributed by atoms with Gasteiger partial charge in [0.05, 0.1) is 36.4 Å². The van der Waals surface area contributed by atoms with Gasteiger partial charge >= 0.3 is 12.1 Å². The fourth-order valence-electron chi connectivity index (χ4n) is 6.46. The third-order valence-electron chi connectivity index (χ3n) is 9.83. The summed E-state index contributed by atoms with van der Waals surface area (Å²) in [6.45, 7) is 17.6. The first-order chi connectivity index (χ1) is 21.7. The fourth-order valence-corrected chi connectivity index (χ4v) is 6.46. The average molecular weight is 649 g/mol. The van der Waals surface area contributed by atoms with Gasteiger partial charge in [-0.2, -0.15) is 0 Å². The second-order valence-electron chi connectivity index (χ2n) is 14.0. The van der Waals surface area contributed by atoms with Gasteiger partial charge in [-0.3, -0.25) is 4.79 Å². The minimum atomic E-state index is -1.12. The molecule has 3 aliphatic rings. The van der Waals surface area contributed by atoms with E-state index in [9.17, 15) is 24.9 Å². The van der Waals surface area contributed by atoms with E-state index < -0.39 is 36.0 Å². The first-order valence-electron chi connectivity index (χ1n) is 17.4. The average Bonchev–Trinajstić information content (AvgIpc) is 3.81. The molecule has 2 saturated heterocycles. The Kier molecular flexibility index (Phi) is 14.8. The minimum Gasteiger partial charge on any atom is -0.457 e. The van der Waals surface area contributed by atoms with Crippen molar-refractivity contribution in [3.63, 3.8) is 0 Å². The first-order valence-corrected chi connectivity index (χ1v) is 17.4. The van der Waals surface area contributed by atoms with Crippen molar-refractivity contribution in [2.45, 2.75) is 129 Å². The van der Waals surface area contributed by atoms with Crippen LogP contribution in [0.5, 0.6) is 0 Å². The molecule has 0 aromatic carbocycles. The quantitative estimate of drug-likeness (QED) is 0.134. The lowest BCUT2D eigenvalue weighted by molar-refractivity contribution is -0.151. The van der Waals surface area contributed by atoms with Crippen LogP contribution in [0.4, 0.5) is 4.79 Å². The molecule has 10 heteroatoms. The summed E-state index contributed by atoms with van der Waals surface area (Å²) in [6, 6.07) is 0. The van der Waals surface area contributed by atoms with Gasteiger partial charge in [-0.25, -0.2) is 4.79 Å². The molecule has 3 N–H and O–H groups in total. The van der Waals surface area contributed by atoms with Crippen molar-refractivity contribution >= 4 is 12.1 Å². The van der Waals surface area contributed by atoms with E-state index in [0.29, 0.717) is 38.8 Å². The molecule has 0 spiro atoms. The Bertz CT molecular complexity index is 1070. The fraction of sp³-hybridized carbons (Fsp3) is 0.778. The van der Waals surface area contributed by atoms with Gasteiger partial charge in [0.25, 0.3) is 0 Å². The lowest BCUT2D eigenvalue weighted by Gasteiger charge is -2.29. The molecule has 3 rings (SSSR count). The Labute approximate surface area is 276 Å². The predicted molar refractivity (Wildman–Crippen MR) is 178 cm³/mol. The second-order valence-corrected chi connectivity index (χ2v) is 14.0. The highest BCUT2D eigenvalue weighted by atomic mass is 16.6. The maximum absolute atomic E-state index is 13.2. The number of carbonyl (C=O) groups excluding carboxylic acids is 2. The zero-order valence-electron chi connectivity index (χ0n) is 29.1. The molecular weight excluding hydrogens is 588 g/mol. The van der Waals surface area contributed by atoms with Gasteiger partial charge < -0.3 is 39.3 Å². The maximum Gasteiger partial charge on any atom is 0.410 e. The van der Waals surface area contributed by atoms with Gasteiger partial charge in [-0.05, 0) is 70.2 Å². The lowest BCUT2D eigenvalue weighted by atomic mass is 9.91. The molecule has 3 heterocycles. The third kappa shape index (κ3) is 11.8. The summed E-state index contributed by atoms with van der Waals surface area (Å²) < 4.78 is 17.7. The number of likely N-dealkylation sites (N-methyl/N-ethyl adjacent to an activating group) is 1. The summed E-state index contributed by atoms with van der Waals surface area (Å²) in [4.78, 5) is 30.2. The number of hydrogen-bond acceptors (Lipinski definition) is 9. The summed E-state index contributed by atoms with van der Waals surface area (Å²) in [6.07, 6.45) is 9.09. The molecular formula is C36H60N2O8. The number of aliphatic hydroxyl groups excluding tert-OH is 2. The molecule has 0 bridgehead atoms. The van der Waals surface area contributed by atoms with E-state index in [-0.39, 0.29) is 42.5 Å². The zero-order valence-corrected chi connectivity index (χ0v) is 29.1. The third-order valence-corrected chi connectivity index (χ3v) is 9.83. The van der Waals surface area contributed by atoms with Crippen LogP contribution in [-0.4, -0.2) is 112 Å². The monoisotopic (exact) mass is 648 g/mol. The summed E-state index contributed by atoms with van der Waals surface area (Å²) >= 11 is 0. The van der Waals surface area contributed by atoms with Crippen LogP contribution < -0.4 is 0 Å². The topological polar surface area (TPSA) is 132 Å². The number of epoxide rings is 1. The molecule has 1 amide bonds. The first kappa shape index (κ1) is 38.2. The van der Waals surface area contributed by atoms with Crippen LogP contribution in [0, 0.1) is 17.8 Å². The molecule has 0 aliphatic carbocycles. The Morgan fingerprint density at radius 1 is 1.17 bits per heavy atom. The smallest absolute Gasteiger partial charge is 0.410 e. The summed E-state index contributed by atoms with van der Waals surface area (Å²) in [5.74, 6) is -0.768. The number of hydrogen-bond donors (Lipinski definition) is 3. The molecule has 262 valence electrons. The normalized spacial score (nSPS) is 34.0. The predicted octanol–water partition coefficient (Wildman–Crippen LogP) is 4.62. The van der Waals surface area contributed by atoms with Crippen LogP contribution in [0.15, 0.2) is 36.0 Å². The molecule has 46 heavy (non-hydrogen) atoms. The summed E-state index contributed by atoms with van der Waals surface area (Å²) in [5, 5.41) is 31.8. The van der Waals surface area contributed by atoms with Crippen molar-refractivity contribution in [2.75, 3.05) is 32.7 Å². The minimum absolute atomic E-state index is 0.00735. The van der Waals surface area contributed by atoms with Crippen LogP contribution in [0.3, 0.4) is 0 Å². The van der Waals surface area contributed by atoms with Gasteiger partial charge in [0.2, 0.25) is 0 Å². The molecule has 10 atom stereocenters. The Balaban J connectivity index is 1.71. The van der Waals surface area contributed by atoms with Crippen molar-refractivity contribution in [3.05, 3.63) is 36.0 Å². The number of ether oxygens (including phenoxy) is 3. The number of esters is 1.